The van der Waals surface area contributed by atoms with E-state index in [2.05, 4.69) is 21.6 Å². The van der Waals surface area contributed by atoms with E-state index in [0.29, 0.717) is 35.9 Å². The first kappa shape index (κ1) is 20.6. The van der Waals surface area contributed by atoms with Gasteiger partial charge in [-0.15, -0.1) is 0 Å². The summed E-state index contributed by atoms with van der Waals surface area (Å²) in [5.41, 5.74) is 2.08. The second kappa shape index (κ2) is 7.98. The van der Waals surface area contributed by atoms with Crippen LogP contribution in [0.2, 0.25) is 0 Å². The van der Waals surface area contributed by atoms with Gasteiger partial charge in [0.05, 0.1) is 35.5 Å². The number of para-hydroxylation sites is 1. The fourth-order valence-electron chi connectivity index (χ4n) is 3.98. The topological polar surface area (TPSA) is 88.5 Å². The van der Waals surface area contributed by atoms with Crippen LogP contribution < -0.4 is 10.9 Å². The van der Waals surface area contributed by atoms with Gasteiger partial charge in [-0.05, 0) is 42.8 Å². The van der Waals surface area contributed by atoms with Crippen molar-refractivity contribution in [1.82, 2.24) is 19.6 Å². The molecule has 7 nitrogen and oxygen atoms in total. The minimum absolute atomic E-state index is 0.0300. The van der Waals surface area contributed by atoms with Gasteiger partial charge >= 0.3 is 0 Å². The zero-order valence-corrected chi connectivity index (χ0v) is 17.6. The number of aryl methyl sites for hydroxylation is 1. The van der Waals surface area contributed by atoms with Crippen LogP contribution in [-0.4, -0.2) is 26.1 Å². The molecule has 0 fully saturated rings. The number of halogens is 2. The number of aromatic nitrogens is 4. The summed E-state index contributed by atoms with van der Waals surface area (Å²) in [5.74, 6) is -1.05. The summed E-state index contributed by atoms with van der Waals surface area (Å²) >= 11 is 0. The highest BCUT2D eigenvalue weighted by molar-refractivity contribution is 5.87. The van der Waals surface area contributed by atoms with Gasteiger partial charge in [0.25, 0.3) is 5.56 Å². The molecule has 0 spiro atoms. The Hall–Kier alpha value is -4.32. The summed E-state index contributed by atoms with van der Waals surface area (Å²) in [7, 11) is 0. The largest absolute Gasteiger partial charge is 0.368 e. The molecule has 0 aliphatic carbocycles. The number of hydrogen-bond acceptors (Lipinski definition) is 5. The SMILES string of the molecule is Cc1ccccc1-n1nc(-c2c(-c3cc(F)ccc3F)nn3c2NCC(C#N)C3)ccc1=O. The van der Waals surface area contributed by atoms with Gasteiger partial charge in [0, 0.05) is 18.2 Å². The molecule has 0 saturated heterocycles. The molecule has 1 unspecified atom stereocenters. The first-order valence-corrected chi connectivity index (χ1v) is 10.3. The van der Waals surface area contributed by atoms with Crippen molar-refractivity contribution in [2.24, 2.45) is 5.92 Å². The van der Waals surface area contributed by atoms with E-state index in [1.807, 2.05) is 25.1 Å². The van der Waals surface area contributed by atoms with Crippen LogP contribution in [0.15, 0.2) is 59.4 Å². The van der Waals surface area contributed by atoms with Crippen molar-refractivity contribution in [2.75, 3.05) is 11.9 Å². The third-order valence-electron chi connectivity index (χ3n) is 5.63. The van der Waals surface area contributed by atoms with Crippen molar-refractivity contribution in [1.29, 1.82) is 5.26 Å². The Bertz CT molecular complexity index is 1480. The van der Waals surface area contributed by atoms with E-state index in [-0.39, 0.29) is 22.7 Å². The molecule has 3 heterocycles. The lowest BCUT2D eigenvalue weighted by Crippen LogP contribution is -2.27. The lowest BCUT2D eigenvalue weighted by molar-refractivity contribution is 0.490. The Labute approximate surface area is 187 Å². The molecular formula is C24H18F2N6O. The van der Waals surface area contributed by atoms with E-state index in [9.17, 15) is 18.8 Å². The first-order valence-electron chi connectivity index (χ1n) is 10.3. The van der Waals surface area contributed by atoms with Gasteiger partial charge in [0.15, 0.2) is 0 Å². The van der Waals surface area contributed by atoms with Gasteiger partial charge in [-0.1, -0.05) is 18.2 Å². The molecule has 9 heteroatoms. The van der Waals surface area contributed by atoms with Crippen molar-refractivity contribution in [2.45, 2.75) is 13.5 Å². The van der Waals surface area contributed by atoms with Gasteiger partial charge in [-0.3, -0.25) is 4.79 Å². The molecule has 0 bridgehead atoms. The first-order chi connectivity index (χ1) is 16.0. The van der Waals surface area contributed by atoms with Crippen LogP contribution >= 0.6 is 0 Å². The van der Waals surface area contributed by atoms with E-state index in [1.165, 1.54) is 16.8 Å². The number of fused-ring (bicyclic) bond motifs is 1. The zero-order valence-electron chi connectivity index (χ0n) is 17.6. The predicted molar refractivity (Wildman–Crippen MR) is 119 cm³/mol. The standard InChI is InChI=1S/C24H18F2N6O/c1-14-4-2-3-5-20(14)32-21(33)9-8-19(29-32)22-23(17-10-16(25)6-7-18(17)26)30-31-13-15(11-27)12-28-24(22)31/h2-10,15,28H,12-13H2,1H3. The van der Waals surface area contributed by atoms with Crippen molar-refractivity contribution in [3.05, 3.63) is 82.1 Å². The third-order valence-corrected chi connectivity index (χ3v) is 5.63. The fraction of sp³-hybridized carbons (Fsp3) is 0.167. The number of benzene rings is 2. The number of anilines is 1. The summed E-state index contributed by atoms with van der Waals surface area (Å²) in [6, 6.07) is 15.6. The predicted octanol–water partition coefficient (Wildman–Crippen LogP) is 3.91. The molecule has 0 amide bonds. The van der Waals surface area contributed by atoms with Crippen LogP contribution in [0.4, 0.5) is 14.6 Å². The molecule has 2 aromatic carbocycles. The van der Waals surface area contributed by atoms with Gasteiger partial charge in [0.2, 0.25) is 0 Å². The Balaban J connectivity index is 1.77. The van der Waals surface area contributed by atoms with E-state index < -0.39 is 11.6 Å². The van der Waals surface area contributed by atoms with Gasteiger partial charge in [0.1, 0.15) is 23.1 Å². The number of rotatable bonds is 3. The number of nitrogens with one attached hydrogen (secondary N) is 1. The summed E-state index contributed by atoms with van der Waals surface area (Å²) in [4.78, 5) is 12.6. The monoisotopic (exact) mass is 444 g/mol. The normalized spacial score (nSPS) is 14.9. The fourth-order valence-corrected chi connectivity index (χ4v) is 3.98. The summed E-state index contributed by atoms with van der Waals surface area (Å²) < 4.78 is 31.6. The third kappa shape index (κ3) is 3.55. The maximum atomic E-state index is 14.8. The van der Waals surface area contributed by atoms with Crippen molar-refractivity contribution < 1.29 is 8.78 Å². The average molecular weight is 444 g/mol. The number of hydrogen-bond donors (Lipinski definition) is 1. The molecule has 1 N–H and O–H groups in total. The van der Waals surface area contributed by atoms with E-state index in [0.717, 1.165) is 23.8 Å². The zero-order chi connectivity index (χ0) is 23.1. The molecular weight excluding hydrogens is 426 g/mol. The molecule has 0 radical (unpaired) electrons. The van der Waals surface area contributed by atoms with Gasteiger partial charge in [-0.25, -0.2) is 13.5 Å². The van der Waals surface area contributed by atoms with Crippen molar-refractivity contribution in [3.63, 3.8) is 0 Å². The van der Waals surface area contributed by atoms with Crippen LogP contribution in [0, 0.1) is 35.8 Å². The highest BCUT2D eigenvalue weighted by atomic mass is 19.1. The Morgan fingerprint density at radius 3 is 2.73 bits per heavy atom. The second-order valence-electron chi connectivity index (χ2n) is 7.84. The van der Waals surface area contributed by atoms with E-state index in [1.54, 1.807) is 10.7 Å². The molecule has 164 valence electrons. The van der Waals surface area contributed by atoms with Crippen molar-refractivity contribution >= 4 is 5.82 Å². The number of nitriles is 1. The Morgan fingerprint density at radius 1 is 1.12 bits per heavy atom. The molecule has 4 aromatic rings. The molecule has 0 saturated carbocycles. The molecule has 33 heavy (non-hydrogen) atoms. The highest BCUT2D eigenvalue weighted by Gasteiger charge is 2.29. The maximum absolute atomic E-state index is 14.8. The maximum Gasteiger partial charge on any atom is 0.271 e. The minimum atomic E-state index is -0.642. The Kier molecular flexibility index (Phi) is 4.98. The van der Waals surface area contributed by atoms with Gasteiger partial charge in [-0.2, -0.15) is 20.1 Å². The molecule has 2 aromatic heterocycles. The molecule has 1 aliphatic rings. The molecule has 1 atom stereocenters. The van der Waals surface area contributed by atoms with Crippen LogP contribution in [0.5, 0.6) is 0 Å². The van der Waals surface area contributed by atoms with Gasteiger partial charge < -0.3 is 5.32 Å². The number of nitrogens with zero attached hydrogens (tertiary/aromatic N) is 5. The molecule has 5 rings (SSSR count). The Morgan fingerprint density at radius 2 is 1.94 bits per heavy atom. The quantitative estimate of drug-likeness (QED) is 0.518. The van der Waals surface area contributed by atoms with E-state index in [4.69, 9.17) is 0 Å². The highest BCUT2D eigenvalue weighted by Crippen LogP contribution is 2.39. The summed E-state index contributed by atoms with van der Waals surface area (Å²) in [5, 5.41) is 21.6. The smallest absolute Gasteiger partial charge is 0.271 e. The van der Waals surface area contributed by atoms with Crippen molar-refractivity contribution in [3.8, 4) is 34.3 Å². The average Bonchev–Trinajstić information content (AvgIpc) is 3.20. The molecule has 1 aliphatic heterocycles. The summed E-state index contributed by atoms with van der Waals surface area (Å²) in [6.07, 6.45) is 0. The second-order valence-corrected chi connectivity index (χ2v) is 7.84. The van der Waals surface area contributed by atoms with E-state index >= 15 is 0 Å². The lowest BCUT2D eigenvalue weighted by atomic mass is 10.0. The van der Waals surface area contributed by atoms with Crippen LogP contribution in [-0.2, 0) is 6.54 Å². The van der Waals surface area contributed by atoms with Crippen LogP contribution in [0.25, 0.3) is 28.2 Å². The summed E-state index contributed by atoms with van der Waals surface area (Å²) in [6.45, 7) is 2.53. The van der Waals surface area contributed by atoms with Crippen LogP contribution in [0.1, 0.15) is 5.56 Å². The minimum Gasteiger partial charge on any atom is -0.368 e. The lowest BCUT2D eigenvalue weighted by Gasteiger charge is -2.21. The van der Waals surface area contributed by atoms with Crippen LogP contribution in [0.3, 0.4) is 0 Å².